The lowest BCUT2D eigenvalue weighted by Crippen LogP contribution is -2.31. The maximum absolute atomic E-state index is 5.22. The van der Waals surface area contributed by atoms with E-state index in [0.717, 1.165) is 12.0 Å². The predicted octanol–water partition coefficient (Wildman–Crippen LogP) is 0.196. The summed E-state index contributed by atoms with van der Waals surface area (Å²) in [6.07, 6.45) is 0.544. The highest BCUT2D eigenvalue weighted by Crippen LogP contribution is 1.94. The average Bonchev–Trinajstić information content (AvgIpc) is 1.65. The molecule has 0 aliphatic heterocycles. The maximum Gasteiger partial charge on any atom is 0.0740 e. The summed E-state index contributed by atoms with van der Waals surface area (Å²) in [6.45, 7) is 5.60. The average molecular weight is 100 g/mol. The second-order valence-corrected chi connectivity index (χ2v) is 1.54. The van der Waals surface area contributed by atoms with Crippen molar-refractivity contribution in [2.24, 2.45) is 11.5 Å². The van der Waals surface area contributed by atoms with Crippen molar-refractivity contribution in [1.29, 1.82) is 0 Å². The van der Waals surface area contributed by atoms with Crippen molar-refractivity contribution in [3.63, 3.8) is 0 Å². The monoisotopic (exact) mass is 100 g/mol. The molecule has 0 fully saturated rings. The molecule has 0 rings (SSSR count). The van der Waals surface area contributed by atoms with Gasteiger partial charge in [-0.1, -0.05) is 13.5 Å². The van der Waals surface area contributed by atoms with E-state index in [1.165, 1.54) is 0 Å². The van der Waals surface area contributed by atoms with Gasteiger partial charge in [0, 0.05) is 0 Å². The molecule has 42 valence electrons. The molecular formula is C5H12N2. The van der Waals surface area contributed by atoms with E-state index >= 15 is 0 Å². The zero-order chi connectivity index (χ0) is 5.86. The van der Waals surface area contributed by atoms with E-state index in [0.29, 0.717) is 0 Å². The molecular weight excluding hydrogens is 88.1 g/mol. The van der Waals surface area contributed by atoms with Crippen LogP contribution in [-0.4, -0.2) is 6.17 Å². The third kappa shape index (κ3) is 2.37. The first-order valence-corrected chi connectivity index (χ1v) is 2.37. The molecule has 0 spiro atoms. The van der Waals surface area contributed by atoms with E-state index in [-0.39, 0.29) is 6.17 Å². The molecule has 0 bridgehead atoms. The van der Waals surface area contributed by atoms with E-state index in [4.69, 9.17) is 11.5 Å². The van der Waals surface area contributed by atoms with Gasteiger partial charge >= 0.3 is 0 Å². The first kappa shape index (κ1) is 6.66. The van der Waals surface area contributed by atoms with Gasteiger partial charge in [-0.05, 0) is 12.0 Å². The summed E-state index contributed by atoms with van der Waals surface area (Å²) in [6, 6.07) is 0. The normalized spacial score (nSPS) is 9.71. The number of hydrogen-bond acceptors (Lipinski definition) is 2. The standard InChI is InChI=1S/C5H12N2/c1-3-4(2)5(6)7/h5H,2-3,6-7H2,1H3. The Bertz CT molecular complexity index is 66.5. The molecule has 0 saturated heterocycles. The number of rotatable bonds is 2. The Morgan fingerprint density at radius 1 is 1.71 bits per heavy atom. The van der Waals surface area contributed by atoms with Gasteiger partial charge in [-0.25, -0.2) is 0 Å². The first-order chi connectivity index (χ1) is 3.18. The van der Waals surface area contributed by atoms with Crippen LogP contribution in [0.15, 0.2) is 12.2 Å². The highest BCUT2D eigenvalue weighted by atomic mass is 14.8. The Morgan fingerprint density at radius 3 is 2.14 bits per heavy atom. The maximum atomic E-state index is 5.22. The van der Waals surface area contributed by atoms with Gasteiger partial charge in [0.25, 0.3) is 0 Å². The van der Waals surface area contributed by atoms with Crippen molar-refractivity contribution in [3.05, 3.63) is 12.2 Å². The van der Waals surface area contributed by atoms with Crippen molar-refractivity contribution in [1.82, 2.24) is 0 Å². The molecule has 0 amide bonds. The van der Waals surface area contributed by atoms with E-state index in [1.807, 2.05) is 6.92 Å². The molecule has 0 aromatic carbocycles. The lowest BCUT2D eigenvalue weighted by atomic mass is 10.2. The summed E-state index contributed by atoms with van der Waals surface area (Å²) >= 11 is 0. The molecule has 0 unspecified atom stereocenters. The Labute approximate surface area is 44.2 Å². The summed E-state index contributed by atoms with van der Waals surface area (Å²) in [5, 5.41) is 0. The Hall–Kier alpha value is -0.340. The summed E-state index contributed by atoms with van der Waals surface area (Å²) in [7, 11) is 0. The van der Waals surface area contributed by atoms with Gasteiger partial charge in [0.05, 0.1) is 6.17 Å². The van der Waals surface area contributed by atoms with Crippen LogP contribution in [0.3, 0.4) is 0 Å². The zero-order valence-corrected chi connectivity index (χ0v) is 4.65. The van der Waals surface area contributed by atoms with E-state index in [9.17, 15) is 0 Å². The second-order valence-electron chi connectivity index (χ2n) is 1.54. The minimum Gasteiger partial charge on any atom is -0.313 e. The highest BCUT2D eigenvalue weighted by molar-refractivity contribution is 4.99. The van der Waals surface area contributed by atoms with Crippen molar-refractivity contribution in [2.75, 3.05) is 0 Å². The third-order valence-corrected chi connectivity index (χ3v) is 0.926. The van der Waals surface area contributed by atoms with Crippen LogP contribution in [-0.2, 0) is 0 Å². The Balaban J connectivity index is 3.35. The van der Waals surface area contributed by atoms with Gasteiger partial charge in [-0.2, -0.15) is 0 Å². The lowest BCUT2D eigenvalue weighted by molar-refractivity contribution is 0.783. The van der Waals surface area contributed by atoms with Crippen LogP contribution in [0.4, 0.5) is 0 Å². The molecule has 0 aromatic rings. The van der Waals surface area contributed by atoms with Crippen LogP contribution in [0.5, 0.6) is 0 Å². The largest absolute Gasteiger partial charge is 0.313 e. The Morgan fingerprint density at radius 2 is 2.14 bits per heavy atom. The molecule has 0 aliphatic rings. The van der Waals surface area contributed by atoms with Crippen molar-refractivity contribution < 1.29 is 0 Å². The SMILES string of the molecule is C=C(CC)C(N)N. The fourth-order valence-corrected chi connectivity index (χ4v) is 0.236. The molecule has 0 aromatic heterocycles. The lowest BCUT2D eigenvalue weighted by Gasteiger charge is -2.03. The molecule has 0 radical (unpaired) electrons. The summed E-state index contributed by atoms with van der Waals surface area (Å²) in [4.78, 5) is 0. The summed E-state index contributed by atoms with van der Waals surface area (Å²) in [5.41, 5.74) is 11.4. The zero-order valence-electron chi connectivity index (χ0n) is 4.65. The van der Waals surface area contributed by atoms with Gasteiger partial charge < -0.3 is 11.5 Å². The predicted molar refractivity (Wildman–Crippen MR) is 31.6 cm³/mol. The minimum atomic E-state index is -0.329. The summed E-state index contributed by atoms with van der Waals surface area (Å²) in [5.74, 6) is 0. The van der Waals surface area contributed by atoms with Crippen LogP contribution >= 0.6 is 0 Å². The van der Waals surface area contributed by atoms with E-state index in [1.54, 1.807) is 0 Å². The number of nitrogens with two attached hydrogens (primary N) is 2. The fourth-order valence-electron chi connectivity index (χ4n) is 0.236. The molecule has 2 heteroatoms. The van der Waals surface area contributed by atoms with Crippen LogP contribution in [0.1, 0.15) is 13.3 Å². The fraction of sp³-hybridized carbons (Fsp3) is 0.600. The van der Waals surface area contributed by atoms with Gasteiger partial charge in [-0.15, -0.1) is 0 Å². The quantitative estimate of drug-likeness (QED) is 0.384. The molecule has 7 heavy (non-hydrogen) atoms. The minimum absolute atomic E-state index is 0.329. The molecule has 0 aliphatic carbocycles. The second kappa shape index (κ2) is 2.77. The molecule has 4 N–H and O–H groups in total. The number of hydrogen-bond donors (Lipinski definition) is 2. The van der Waals surface area contributed by atoms with Crippen molar-refractivity contribution >= 4 is 0 Å². The van der Waals surface area contributed by atoms with Gasteiger partial charge in [0.15, 0.2) is 0 Å². The Kier molecular flexibility index (Phi) is 2.64. The molecule has 0 saturated carbocycles. The van der Waals surface area contributed by atoms with Crippen LogP contribution in [0, 0.1) is 0 Å². The van der Waals surface area contributed by atoms with Crippen LogP contribution in [0.2, 0.25) is 0 Å². The topological polar surface area (TPSA) is 52.0 Å². The van der Waals surface area contributed by atoms with Crippen LogP contribution in [0.25, 0.3) is 0 Å². The van der Waals surface area contributed by atoms with Gasteiger partial charge in [-0.3, -0.25) is 0 Å². The smallest absolute Gasteiger partial charge is 0.0740 e. The summed E-state index contributed by atoms with van der Waals surface area (Å²) < 4.78 is 0. The molecule has 0 atom stereocenters. The van der Waals surface area contributed by atoms with E-state index in [2.05, 4.69) is 6.58 Å². The van der Waals surface area contributed by atoms with E-state index < -0.39 is 0 Å². The van der Waals surface area contributed by atoms with Crippen molar-refractivity contribution in [3.8, 4) is 0 Å². The molecule has 2 nitrogen and oxygen atoms in total. The third-order valence-electron chi connectivity index (χ3n) is 0.926. The van der Waals surface area contributed by atoms with Gasteiger partial charge in [0.2, 0.25) is 0 Å². The molecule has 0 heterocycles. The van der Waals surface area contributed by atoms with Crippen LogP contribution < -0.4 is 11.5 Å². The first-order valence-electron chi connectivity index (χ1n) is 2.37. The van der Waals surface area contributed by atoms with Gasteiger partial charge in [0.1, 0.15) is 0 Å². The van der Waals surface area contributed by atoms with Crippen molar-refractivity contribution in [2.45, 2.75) is 19.5 Å². The highest BCUT2D eigenvalue weighted by Gasteiger charge is 1.93.